The number of hydrogen-bond acceptors (Lipinski definition) is 4. The molecule has 1 atom stereocenters. The molecule has 2 rings (SSSR count). The van der Waals surface area contributed by atoms with Crippen LogP contribution in [0.5, 0.6) is 0 Å². The SMILES string of the molecule is COC(=O)CC1(NC(=O)c2ccc(C)c(Cl)c2)CCOC1. The first-order valence-corrected chi connectivity index (χ1v) is 7.07. The first-order valence-electron chi connectivity index (χ1n) is 6.69. The number of amides is 1. The van der Waals surface area contributed by atoms with Crippen LogP contribution in [0.3, 0.4) is 0 Å². The second-order valence-corrected chi connectivity index (χ2v) is 5.66. The van der Waals surface area contributed by atoms with Gasteiger partial charge >= 0.3 is 5.97 Å². The maximum atomic E-state index is 12.4. The number of hydrogen-bond donors (Lipinski definition) is 1. The fourth-order valence-electron chi connectivity index (χ4n) is 2.29. The molecule has 1 N–H and O–H groups in total. The third-order valence-electron chi connectivity index (χ3n) is 3.63. The van der Waals surface area contributed by atoms with Crippen LogP contribution in [-0.2, 0) is 14.3 Å². The van der Waals surface area contributed by atoms with Crippen LogP contribution >= 0.6 is 11.6 Å². The number of halogens is 1. The molecule has 0 spiro atoms. The van der Waals surface area contributed by atoms with Crippen molar-refractivity contribution >= 4 is 23.5 Å². The summed E-state index contributed by atoms with van der Waals surface area (Å²) < 4.78 is 10.0. The highest BCUT2D eigenvalue weighted by Crippen LogP contribution is 2.24. The predicted octanol–water partition coefficient (Wildman–Crippen LogP) is 2.10. The lowest BCUT2D eigenvalue weighted by atomic mass is 9.93. The molecule has 0 aromatic heterocycles. The van der Waals surface area contributed by atoms with Crippen LogP contribution in [0.15, 0.2) is 18.2 Å². The van der Waals surface area contributed by atoms with Gasteiger partial charge in [-0.05, 0) is 31.0 Å². The van der Waals surface area contributed by atoms with Gasteiger partial charge in [0.1, 0.15) is 0 Å². The van der Waals surface area contributed by atoms with Crippen LogP contribution < -0.4 is 5.32 Å². The Labute approximate surface area is 128 Å². The van der Waals surface area contributed by atoms with Gasteiger partial charge in [0.05, 0.1) is 25.7 Å². The van der Waals surface area contributed by atoms with E-state index in [9.17, 15) is 9.59 Å². The predicted molar refractivity (Wildman–Crippen MR) is 78.5 cm³/mol. The summed E-state index contributed by atoms with van der Waals surface area (Å²) >= 11 is 6.04. The molecule has 21 heavy (non-hydrogen) atoms. The Morgan fingerprint density at radius 1 is 1.48 bits per heavy atom. The van der Waals surface area contributed by atoms with Gasteiger partial charge in [-0.2, -0.15) is 0 Å². The molecule has 114 valence electrons. The van der Waals surface area contributed by atoms with Gasteiger partial charge in [-0.1, -0.05) is 17.7 Å². The molecular formula is C15H18ClNO4. The molecule has 1 unspecified atom stereocenters. The summed E-state index contributed by atoms with van der Waals surface area (Å²) in [5.41, 5.74) is 0.657. The standard InChI is InChI=1S/C15H18ClNO4/c1-10-3-4-11(7-12(10)16)14(19)17-15(5-6-21-9-15)8-13(18)20-2/h3-4,7H,5-6,8-9H2,1-2H3,(H,17,19). The normalized spacial score (nSPS) is 21.1. The van der Waals surface area contributed by atoms with Gasteiger partial charge in [-0.25, -0.2) is 0 Å². The van der Waals surface area contributed by atoms with Crippen LogP contribution in [0.25, 0.3) is 0 Å². The highest BCUT2D eigenvalue weighted by molar-refractivity contribution is 6.31. The lowest BCUT2D eigenvalue weighted by molar-refractivity contribution is -0.142. The van der Waals surface area contributed by atoms with Gasteiger partial charge in [-0.3, -0.25) is 9.59 Å². The fraction of sp³-hybridized carbons (Fsp3) is 0.467. The minimum absolute atomic E-state index is 0.0921. The molecule has 6 heteroatoms. The van der Waals surface area contributed by atoms with Crippen molar-refractivity contribution < 1.29 is 19.1 Å². The summed E-state index contributed by atoms with van der Waals surface area (Å²) in [4.78, 5) is 23.9. The highest BCUT2D eigenvalue weighted by Gasteiger charge is 2.39. The van der Waals surface area contributed by atoms with Gasteiger partial charge in [0.15, 0.2) is 0 Å². The molecule has 0 radical (unpaired) electrons. The van der Waals surface area contributed by atoms with Gasteiger partial charge in [0, 0.05) is 17.2 Å². The summed E-state index contributed by atoms with van der Waals surface area (Å²) in [5.74, 6) is -0.644. The molecule has 0 bridgehead atoms. The van der Waals surface area contributed by atoms with Crippen molar-refractivity contribution in [1.29, 1.82) is 0 Å². The maximum Gasteiger partial charge on any atom is 0.307 e. The number of aryl methyl sites for hydroxylation is 1. The quantitative estimate of drug-likeness (QED) is 0.865. The molecule has 1 fully saturated rings. The highest BCUT2D eigenvalue weighted by atomic mass is 35.5. The van der Waals surface area contributed by atoms with Crippen molar-refractivity contribution in [3.05, 3.63) is 34.3 Å². The maximum absolute atomic E-state index is 12.4. The zero-order valence-electron chi connectivity index (χ0n) is 12.1. The largest absolute Gasteiger partial charge is 0.469 e. The van der Waals surface area contributed by atoms with Crippen LogP contribution in [0, 0.1) is 6.92 Å². The third-order valence-corrected chi connectivity index (χ3v) is 4.03. The van der Waals surface area contributed by atoms with Crippen molar-refractivity contribution in [2.75, 3.05) is 20.3 Å². The van der Waals surface area contributed by atoms with E-state index in [1.807, 2.05) is 6.92 Å². The topological polar surface area (TPSA) is 64.6 Å². The molecule has 5 nitrogen and oxygen atoms in total. The summed E-state index contributed by atoms with van der Waals surface area (Å²) in [6, 6.07) is 5.11. The van der Waals surface area contributed by atoms with Gasteiger partial charge < -0.3 is 14.8 Å². The first kappa shape index (κ1) is 15.8. The molecule has 1 aliphatic rings. The lowest BCUT2D eigenvalue weighted by Gasteiger charge is -2.27. The molecule has 0 saturated carbocycles. The molecule has 0 aliphatic carbocycles. The molecule has 1 aromatic carbocycles. The zero-order valence-corrected chi connectivity index (χ0v) is 12.8. The smallest absolute Gasteiger partial charge is 0.307 e. The molecule has 1 aromatic rings. The van der Waals surface area contributed by atoms with E-state index >= 15 is 0 Å². The van der Waals surface area contributed by atoms with Crippen molar-refractivity contribution in [2.24, 2.45) is 0 Å². The van der Waals surface area contributed by atoms with E-state index in [1.165, 1.54) is 7.11 Å². The van der Waals surface area contributed by atoms with Crippen molar-refractivity contribution in [2.45, 2.75) is 25.3 Å². The summed E-state index contributed by atoms with van der Waals surface area (Å²) in [6.45, 7) is 2.67. The van der Waals surface area contributed by atoms with E-state index in [4.69, 9.17) is 21.1 Å². The van der Waals surface area contributed by atoms with Crippen LogP contribution in [0.1, 0.15) is 28.8 Å². The average Bonchev–Trinajstić information content (AvgIpc) is 2.89. The summed E-state index contributed by atoms with van der Waals surface area (Å²) in [7, 11) is 1.33. The Hall–Kier alpha value is -1.59. The number of nitrogens with one attached hydrogen (secondary N) is 1. The van der Waals surface area contributed by atoms with Crippen molar-refractivity contribution in [3.63, 3.8) is 0 Å². The molecule has 1 amide bonds. The monoisotopic (exact) mass is 311 g/mol. The van der Waals surface area contributed by atoms with Gasteiger partial charge in [-0.15, -0.1) is 0 Å². The van der Waals surface area contributed by atoms with Crippen molar-refractivity contribution in [1.82, 2.24) is 5.32 Å². The van der Waals surface area contributed by atoms with Crippen LogP contribution in [-0.4, -0.2) is 37.7 Å². The van der Waals surface area contributed by atoms with E-state index in [0.29, 0.717) is 30.2 Å². The number of methoxy groups -OCH3 is 1. The van der Waals surface area contributed by atoms with Crippen molar-refractivity contribution in [3.8, 4) is 0 Å². The van der Waals surface area contributed by atoms with Crippen LogP contribution in [0.4, 0.5) is 0 Å². The van der Waals surface area contributed by atoms with Gasteiger partial charge in [0.25, 0.3) is 5.91 Å². The Kier molecular flexibility index (Phi) is 4.85. The second kappa shape index (κ2) is 6.45. The molecule has 1 heterocycles. The van der Waals surface area contributed by atoms with E-state index in [-0.39, 0.29) is 18.3 Å². The molecule has 1 saturated heterocycles. The minimum atomic E-state index is -0.707. The minimum Gasteiger partial charge on any atom is -0.469 e. The number of benzene rings is 1. The Morgan fingerprint density at radius 2 is 2.24 bits per heavy atom. The van der Waals surface area contributed by atoms with E-state index in [2.05, 4.69) is 5.32 Å². The van der Waals surface area contributed by atoms with E-state index < -0.39 is 5.54 Å². The molecule has 1 aliphatic heterocycles. The Bertz CT molecular complexity index is 553. The number of carbonyl (C=O) groups excluding carboxylic acids is 2. The zero-order chi connectivity index (χ0) is 15.5. The number of carbonyl (C=O) groups is 2. The second-order valence-electron chi connectivity index (χ2n) is 5.25. The molecular weight excluding hydrogens is 294 g/mol. The number of esters is 1. The average molecular weight is 312 g/mol. The summed E-state index contributed by atoms with van der Waals surface area (Å²) in [5, 5.41) is 3.43. The van der Waals surface area contributed by atoms with Gasteiger partial charge in [0.2, 0.25) is 0 Å². The number of ether oxygens (including phenoxy) is 2. The van der Waals surface area contributed by atoms with Crippen LogP contribution in [0.2, 0.25) is 5.02 Å². The fourth-order valence-corrected chi connectivity index (χ4v) is 2.47. The third kappa shape index (κ3) is 3.74. The number of rotatable bonds is 4. The van der Waals surface area contributed by atoms with E-state index in [0.717, 1.165) is 5.56 Å². The summed E-state index contributed by atoms with van der Waals surface area (Å²) in [6.07, 6.45) is 0.669. The first-order chi connectivity index (χ1) is 9.96. The van der Waals surface area contributed by atoms with E-state index in [1.54, 1.807) is 18.2 Å². The Balaban J connectivity index is 2.14. The Morgan fingerprint density at radius 3 is 2.81 bits per heavy atom. The lowest BCUT2D eigenvalue weighted by Crippen LogP contribution is -2.50.